The van der Waals surface area contributed by atoms with Gasteiger partial charge in [-0.15, -0.1) is 10.1 Å². The quantitative estimate of drug-likeness (QED) is 0.324. The molecule has 190 valence electrons. The Bertz CT molecular complexity index is 1450. The molecule has 0 radical (unpaired) electrons. The van der Waals surface area contributed by atoms with Crippen LogP contribution < -0.4 is 0 Å². The molecule has 5 atom stereocenters. The third-order valence-corrected chi connectivity index (χ3v) is 8.79. The average Bonchev–Trinajstić information content (AvgIpc) is 3.54. The van der Waals surface area contributed by atoms with Crippen LogP contribution in [0.2, 0.25) is 5.02 Å². The lowest BCUT2D eigenvalue weighted by Crippen LogP contribution is -2.47. The molecule has 0 amide bonds. The molecule has 8 heteroatoms. The number of piperidine rings is 1. The van der Waals surface area contributed by atoms with Crippen LogP contribution in [0.25, 0.3) is 27.1 Å². The van der Waals surface area contributed by atoms with Crippen molar-refractivity contribution in [2.45, 2.75) is 51.3 Å². The zero-order chi connectivity index (χ0) is 25.5. The van der Waals surface area contributed by atoms with E-state index in [-0.39, 0.29) is 18.1 Å². The van der Waals surface area contributed by atoms with Gasteiger partial charge in [-0.1, -0.05) is 54.1 Å². The summed E-state index contributed by atoms with van der Waals surface area (Å²) in [5, 5.41) is 23.1. The van der Waals surface area contributed by atoms with Gasteiger partial charge in [-0.2, -0.15) is 11.5 Å². The van der Waals surface area contributed by atoms with Gasteiger partial charge in [-0.05, 0) is 67.2 Å². The summed E-state index contributed by atoms with van der Waals surface area (Å²) in [6, 6.07) is 16.0. The Morgan fingerprint density at radius 3 is 2.89 bits per heavy atom. The van der Waals surface area contributed by atoms with Crippen molar-refractivity contribution in [3.63, 3.8) is 0 Å². The summed E-state index contributed by atoms with van der Waals surface area (Å²) in [5.41, 5.74) is 5.19. The lowest BCUT2D eigenvalue weighted by molar-refractivity contribution is -0.0357. The number of aliphatic hydroxyl groups excluding tert-OH is 1. The van der Waals surface area contributed by atoms with E-state index in [0.717, 1.165) is 54.7 Å². The van der Waals surface area contributed by atoms with Gasteiger partial charge < -0.3 is 10.1 Å². The van der Waals surface area contributed by atoms with Gasteiger partial charge in [0, 0.05) is 33.7 Å². The molecule has 2 aliphatic rings. The predicted octanol–water partition coefficient (Wildman–Crippen LogP) is 5.93. The number of hydrogen-bond acceptors (Lipinski definition) is 4. The van der Waals surface area contributed by atoms with Gasteiger partial charge in [0.2, 0.25) is 0 Å². The first-order chi connectivity index (χ1) is 18.0. The fourth-order valence-electron chi connectivity index (χ4n) is 6.52. The molecule has 6 rings (SSSR count). The first kappa shape index (κ1) is 24.0. The first-order valence-corrected chi connectivity index (χ1v) is 13.5. The number of H-pyrrole nitrogens is 1. The Labute approximate surface area is 221 Å². The molecule has 1 aliphatic heterocycles. The molecule has 37 heavy (non-hydrogen) atoms. The van der Waals surface area contributed by atoms with Crippen molar-refractivity contribution in [3.8, 4) is 11.3 Å². The van der Waals surface area contributed by atoms with Crippen LogP contribution in [0.1, 0.15) is 43.5 Å². The Hall–Kier alpha value is -3.34. The number of aryl methyl sites for hydroxylation is 2. The molecule has 2 aromatic heterocycles. The van der Waals surface area contributed by atoms with Crippen molar-refractivity contribution in [1.29, 1.82) is 0 Å². The van der Waals surface area contributed by atoms with E-state index in [0.29, 0.717) is 23.4 Å². The molecule has 4 aromatic rings. The summed E-state index contributed by atoms with van der Waals surface area (Å²) in [7, 11) is 0. The largest absolute Gasteiger partial charge is 0.393 e. The highest BCUT2D eigenvalue weighted by atomic mass is 35.5. The molecule has 7 nitrogen and oxygen atoms in total. The van der Waals surface area contributed by atoms with E-state index in [4.69, 9.17) is 18.2 Å². The standard InChI is InChI=1S/C29H31ClN6O/c1-18-24-15-27(36(31-2)16-20(24)10-11-28(18)37)29-23(22-8-3-4-9-25(22)32-29)12-13-35-17-26(33-34-35)19-6-5-7-21(30)14-19/h3-9,14,17-18,20,24,27-28,32,37H,10-13,15-16H2,1H3/t18-,20+,24-,27+,28+/m1/s1. The van der Waals surface area contributed by atoms with Crippen LogP contribution in [-0.2, 0) is 13.0 Å². The minimum absolute atomic E-state index is 0.0216. The summed E-state index contributed by atoms with van der Waals surface area (Å²) >= 11 is 6.16. The second-order valence-corrected chi connectivity index (χ2v) is 11.0. The van der Waals surface area contributed by atoms with Gasteiger partial charge in [0.1, 0.15) is 11.7 Å². The summed E-state index contributed by atoms with van der Waals surface area (Å²) in [6.45, 7) is 11.6. The molecule has 2 fully saturated rings. The zero-order valence-electron chi connectivity index (χ0n) is 20.9. The number of halogens is 1. The maximum Gasteiger partial charge on any atom is 0.137 e. The van der Waals surface area contributed by atoms with Gasteiger partial charge in [0.15, 0.2) is 0 Å². The van der Waals surface area contributed by atoms with Crippen molar-refractivity contribution >= 4 is 22.5 Å². The third kappa shape index (κ3) is 4.49. The lowest BCUT2D eigenvalue weighted by atomic mass is 9.66. The maximum absolute atomic E-state index is 10.6. The second kappa shape index (κ2) is 9.85. The Morgan fingerprint density at radius 2 is 2.05 bits per heavy atom. The minimum atomic E-state index is -0.246. The molecule has 1 aliphatic carbocycles. The van der Waals surface area contributed by atoms with Crippen molar-refractivity contribution in [2.75, 3.05) is 6.54 Å². The van der Waals surface area contributed by atoms with Crippen LogP contribution in [0.3, 0.4) is 0 Å². The summed E-state index contributed by atoms with van der Waals surface area (Å²) in [4.78, 5) is 7.66. The number of benzene rings is 2. The van der Waals surface area contributed by atoms with Gasteiger partial charge in [-0.25, -0.2) is 0 Å². The van der Waals surface area contributed by atoms with Gasteiger partial charge in [0.05, 0.1) is 18.8 Å². The molecule has 3 heterocycles. The van der Waals surface area contributed by atoms with Crippen molar-refractivity contribution in [2.24, 2.45) is 17.8 Å². The number of hydrogen-bond donors (Lipinski definition) is 2. The first-order valence-electron chi connectivity index (χ1n) is 13.1. The van der Waals surface area contributed by atoms with E-state index < -0.39 is 0 Å². The van der Waals surface area contributed by atoms with E-state index in [1.807, 2.05) is 46.2 Å². The molecule has 1 saturated heterocycles. The number of nitrogens with one attached hydrogen (secondary N) is 1. The molecule has 0 spiro atoms. The topological polar surface area (TPSA) is 74.3 Å². The SMILES string of the molecule is [C-]#[N+]N1C[C@@H]2CC[C@H](O)[C@H](C)[C@H]2C[C@H]1c1[nH]c2ccccc2c1CCn1cc(-c2cccc(Cl)c2)nn1. The van der Waals surface area contributed by atoms with E-state index in [9.17, 15) is 5.11 Å². The molecule has 1 saturated carbocycles. The van der Waals surface area contributed by atoms with Crippen LogP contribution in [0, 0.1) is 24.3 Å². The van der Waals surface area contributed by atoms with Crippen LogP contribution in [0.5, 0.6) is 0 Å². The molecule has 2 aromatic carbocycles. The van der Waals surface area contributed by atoms with E-state index in [1.165, 1.54) is 10.9 Å². The molecule has 2 N–H and O–H groups in total. The van der Waals surface area contributed by atoms with Gasteiger partial charge in [-0.3, -0.25) is 4.68 Å². The molecular weight excluding hydrogens is 484 g/mol. The molecular formula is C29H31ClN6O. The Kier molecular flexibility index (Phi) is 6.39. The summed E-state index contributed by atoms with van der Waals surface area (Å²) in [5.74, 6) is 1.14. The van der Waals surface area contributed by atoms with E-state index >= 15 is 0 Å². The molecule has 0 unspecified atom stereocenters. The van der Waals surface area contributed by atoms with Crippen LogP contribution in [0.15, 0.2) is 54.7 Å². The molecule has 0 bridgehead atoms. The van der Waals surface area contributed by atoms with Crippen LogP contribution >= 0.6 is 11.6 Å². The van der Waals surface area contributed by atoms with Gasteiger partial charge in [0.25, 0.3) is 0 Å². The normalized spacial score (nSPS) is 25.7. The number of nitrogens with zero attached hydrogens (tertiary/aromatic N) is 5. The van der Waals surface area contributed by atoms with Crippen LogP contribution in [-0.4, -0.2) is 42.7 Å². The van der Waals surface area contributed by atoms with Crippen molar-refractivity contribution < 1.29 is 5.11 Å². The fourth-order valence-corrected chi connectivity index (χ4v) is 6.71. The predicted molar refractivity (Wildman–Crippen MR) is 145 cm³/mol. The summed E-state index contributed by atoms with van der Waals surface area (Å²) < 4.78 is 1.88. The smallest absolute Gasteiger partial charge is 0.137 e. The maximum atomic E-state index is 10.6. The lowest BCUT2D eigenvalue weighted by Gasteiger charge is -2.45. The van der Waals surface area contributed by atoms with Crippen molar-refractivity contribution in [3.05, 3.63) is 82.5 Å². The number of para-hydroxylation sites is 1. The Balaban J connectivity index is 1.30. The number of aliphatic hydroxyl groups is 1. The monoisotopic (exact) mass is 514 g/mol. The average molecular weight is 515 g/mol. The number of fused-ring (bicyclic) bond motifs is 2. The fraction of sp³-hybridized carbons (Fsp3) is 0.414. The highest BCUT2D eigenvalue weighted by molar-refractivity contribution is 6.30. The minimum Gasteiger partial charge on any atom is -0.393 e. The van der Waals surface area contributed by atoms with Gasteiger partial charge >= 0.3 is 0 Å². The second-order valence-electron chi connectivity index (χ2n) is 10.6. The Morgan fingerprint density at radius 1 is 1.19 bits per heavy atom. The number of aromatic nitrogens is 4. The summed E-state index contributed by atoms with van der Waals surface area (Å²) in [6.07, 6.45) is 5.20. The number of aromatic amines is 1. The van der Waals surface area contributed by atoms with Crippen LogP contribution in [0.4, 0.5) is 0 Å². The third-order valence-electron chi connectivity index (χ3n) is 8.56. The van der Waals surface area contributed by atoms with E-state index in [1.54, 1.807) is 0 Å². The highest BCUT2D eigenvalue weighted by Crippen LogP contribution is 2.47. The van der Waals surface area contributed by atoms with Crippen molar-refractivity contribution in [1.82, 2.24) is 25.0 Å². The number of rotatable bonds is 5. The highest BCUT2D eigenvalue weighted by Gasteiger charge is 2.46. The van der Waals surface area contributed by atoms with E-state index in [2.05, 4.69) is 45.4 Å². The zero-order valence-corrected chi connectivity index (χ0v) is 21.6.